The molecule has 4 heterocycles. The number of anilines is 1. The van der Waals surface area contributed by atoms with Gasteiger partial charge >= 0.3 is 30.9 Å². The van der Waals surface area contributed by atoms with Gasteiger partial charge in [0, 0.05) is 38.2 Å². The Balaban J connectivity index is 1.09. The van der Waals surface area contributed by atoms with Crippen LogP contribution in [0.1, 0.15) is 385 Å². The molecule has 0 aliphatic carbocycles. The molecule has 142 heavy (non-hydrogen) atoms. The zero-order valence-corrected chi connectivity index (χ0v) is 87.2. The number of carbonyl (C=O) groups excluding carboxylic acids is 2. The first-order valence-electron chi connectivity index (χ1n) is 53.8. The predicted molar refractivity (Wildman–Crippen MR) is 557 cm³/mol. The van der Waals surface area contributed by atoms with Crippen LogP contribution in [0.2, 0.25) is 0 Å². The fourth-order valence-corrected chi connectivity index (χ4v) is 22.1. The number of carboxylic acid groups (broad SMARTS) is 1. The highest BCUT2D eigenvalue weighted by atomic mass is 31.2. The molecule has 2 aromatic heterocycles. The number of nitrogens with two attached hydrogens (primary N) is 1. The lowest BCUT2D eigenvalue weighted by Gasteiger charge is -2.39. The number of hydrogen-bond donors (Lipinski definition) is 3. The molecule has 0 bridgehead atoms. The average Bonchev–Trinajstić information content (AvgIpc) is 1.54. The van der Waals surface area contributed by atoms with Gasteiger partial charge in [-0.2, -0.15) is 10.2 Å². The highest BCUT2D eigenvalue weighted by Crippen LogP contribution is 2.62. The second kappa shape index (κ2) is 65.8. The zero-order chi connectivity index (χ0) is 101. The number of H-pyrrole nitrogens is 1. The van der Waals surface area contributed by atoms with Gasteiger partial charge in [-0.05, 0) is 78.4 Å². The van der Waals surface area contributed by atoms with Crippen LogP contribution in [0.25, 0.3) is 0 Å². The summed E-state index contributed by atoms with van der Waals surface area (Å²) >= 11 is 0. The average molecular weight is 1990 g/mol. The molecule has 9 rings (SSSR count). The third kappa shape index (κ3) is 36.0. The fourth-order valence-electron chi connectivity index (χ4n) is 19.8. The van der Waals surface area contributed by atoms with Crippen LogP contribution in [0.4, 0.5) is 5.82 Å². The van der Waals surface area contributed by atoms with Gasteiger partial charge in [-0.25, -0.2) is 19.2 Å². The summed E-state index contributed by atoms with van der Waals surface area (Å²) in [7, 11) is 0.252. The molecule has 0 saturated carbocycles. The number of nitrogens with zero attached hydrogens (tertiary/aromatic N) is 4. The van der Waals surface area contributed by atoms with Crippen molar-refractivity contribution >= 4 is 31.1 Å². The van der Waals surface area contributed by atoms with Crippen molar-refractivity contribution in [2.75, 3.05) is 73.8 Å². The first kappa shape index (κ1) is 116. The van der Waals surface area contributed by atoms with Crippen LogP contribution in [0.5, 0.6) is 28.7 Å². The number of nitrogens with one attached hydrogen (secondary N) is 1. The van der Waals surface area contributed by atoms with E-state index in [2.05, 4.69) is 30.7 Å². The van der Waals surface area contributed by atoms with Crippen LogP contribution in [-0.4, -0.2) is 146 Å². The number of methoxy groups -OCH3 is 4. The molecule has 10 atom stereocenters. The van der Waals surface area contributed by atoms with Crippen LogP contribution in [0, 0.1) is 17.2 Å². The number of esters is 1. The molecule has 7 aromatic rings. The minimum absolute atomic E-state index is 0.130. The lowest BCUT2D eigenvalue weighted by atomic mass is 9.75. The van der Waals surface area contributed by atoms with Crippen molar-refractivity contribution in [3.05, 3.63) is 205 Å². The molecular formula is C114H167N6O21P. The number of carbonyl (C=O) groups is 3. The topological polar surface area (TPSA) is 348 Å². The van der Waals surface area contributed by atoms with Gasteiger partial charge in [0.25, 0.3) is 11.2 Å². The quantitative estimate of drug-likeness (QED) is 0.00796. The highest BCUT2D eigenvalue weighted by molar-refractivity contribution is 7.54. The number of nitriles is 1. The number of Topliss-reactive ketones (excluding diaryl/α,β-unsaturated/α-hetero) is 1. The van der Waals surface area contributed by atoms with E-state index < -0.39 is 128 Å². The van der Waals surface area contributed by atoms with E-state index in [4.69, 9.17) is 66.9 Å². The molecule has 2 aliphatic rings. The maximum atomic E-state index is 17.4. The Morgan fingerprint density at radius 1 is 0.465 bits per heavy atom. The molecule has 2 aliphatic heterocycles. The molecule has 2 unspecified atom stereocenters. The molecule has 2 saturated heterocycles. The highest BCUT2D eigenvalue weighted by Gasteiger charge is 2.68. The second-order valence-corrected chi connectivity index (χ2v) is 40.6. The molecule has 27 nitrogen and oxygen atoms in total. The summed E-state index contributed by atoms with van der Waals surface area (Å²) in [6.45, 7) is 5.23. The Kier molecular flexibility index (Phi) is 53.8. The standard InChI is InChI=1S/C114H167N6O21P/c1-8-11-14-17-20-23-26-29-32-35-38-41-44-47-50-59-80-133-95-84-89(85-96(134-81-60-51-48-45-42-39-36-33-30-27-24-21-18-15-12-9-2)102(95)135-82-61-52-49-46-43-40-37-34-31-28-25-22-19-16-13-10-3)109(123)141-114(110(124)125,106(122)88-63-55-53-56-64-88)101-97(139-107(103(101)131-6)119-78-75-99(116)117-111(119)126)87-138-142(128,137-83-62-77-115)105-98(140-108(104(105)132-7)120-79-76-100(121)118-112(120)127)86-136-113(90-65-57-54-58-66-90,91-67-71-93(129-4)72-68-91)92-69-73-94(130-5)74-70-92/h53-58,63-76,78-79,84-85,97-98,101,103-105,107-108H,8-52,59-62,80-83,86-87H2,1-7H3,(H,124,125)(H2,116,117,126)(H,118,121,127)/t97-,98-,101+,103-,104+,105+,107-,108-,114?,142?/m1/s1. The van der Waals surface area contributed by atoms with Gasteiger partial charge < -0.3 is 72.0 Å². The number of ketones is 1. The van der Waals surface area contributed by atoms with Gasteiger partial charge in [0.2, 0.25) is 11.5 Å². The van der Waals surface area contributed by atoms with Gasteiger partial charge in [-0.3, -0.25) is 28.3 Å². The van der Waals surface area contributed by atoms with Crippen molar-refractivity contribution in [1.82, 2.24) is 19.1 Å². The van der Waals surface area contributed by atoms with E-state index in [0.717, 1.165) is 92.3 Å². The lowest BCUT2D eigenvalue weighted by molar-refractivity contribution is -0.165. The first-order chi connectivity index (χ1) is 69.4. The number of hydrogen-bond acceptors (Lipinski definition) is 23. The molecule has 4 N–H and O–H groups in total. The van der Waals surface area contributed by atoms with Crippen LogP contribution >= 0.6 is 7.60 Å². The van der Waals surface area contributed by atoms with Crippen molar-refractivity contribution in [1.29, 1.82) is 5.26 Å². The molecule has 2 fully saturated rings. The normalized spacial score (nSPS) is 17.7. The van der Waals surface area contributed by atoms with E-state index >= 15 is 18.9 Å². The maximum Gasteiger partial charge on any atom is 0.357 e. The molecule has 0 amide bonds. The maximum absolute atomic E-state index is 17.4. The number of aromatic amines is 1. The molecule has 0 radical (unpaired) electrons. The van der Waals surface area contributed by atoms with Crippen molar-refractivity contribution in [3.8, 4) is 34.8 Å². The van der Waals surface area contributed by atoms with E-state index in [1.165, 1.54) is 295 Å². The summed E-state index contributed by atoms with van der Waals surface area (Å²) < 4.78 is 105. The van der Waals surface area contributed by atoms with Crippen LogP contribution in [0.3, 0.4) is 0 Å². The van der Waals surface area contributed by atoms with E-state index in [0.29, 0.717) is 47.5 Å². The van der Waals surface area contributed by atoms with E-state index in [1.54, 1.807) is 30.3 Å². The monoisotopic (exact) mass is 1990 g/mol. The number of rotatable bonds is 79. The summed E-state index contributed by atoms with van der Waals surface area (Å²) in [5.41, 5.74) is -2.21. The predicted octanol–water partition coefficient (Wildman–Crippen LogP) is 25.8. The molecule has 0 spiro atoms. The third-order valence-corrected chi connectivity index (χ3v) is 30.2. The molecular weight excluding hydrogens is 1820 g/mol. The Morgan fingerprint density at radius 3 is 1.26 bits per heavy atom. The number of unbranched alkanes of at least 4 members (excludes halogenated alkanes) is 45. The van der Waals surface area contributed by atoms with Gasteiger partial charge in [0.1, 0.15) is 46.9 Å². The van der Waals surface area contributed by atoms with Crippen LogP contribution in [-0.2, 0) is 52.4 Å². The molecule has 28 heteroatoms. The van der Waals surface area contributed by atoms with Gasteiger partial charge in [0.05, 0.1) is 83.9 Å². The smallest absolute Gasteiger partial charge is 0.357 e. The molecule has 5 aromatic carbocycles. The number of aromatic nitrogens is 4. The Hall–Kier alpha value is -9.49. The zero-order valence-electron chi connectivity index (χ0n) is 86.3. The van der Waals surface area contributed by atoms with Crippen LogP contribution in [0.15, 0.2) is 160 Å². The van der Waals surface area contributed by atoms with Gasteiger partial charge in [-0.1, -0.05) is 395 Å². The Bertz CT molecular complexity index is 4890. The van der Waals surface area contributed by atoms with Crippen molar-refractivity contribution in [2.45, 2.75) is 389 Å². The van der Waals surface area contributed by atoms with E-state index in [-0.39, 0.29) is 54.0 Å². The number of ether oxygens (including phenoxy) is 11. The summed E-state index contributed by atoms with van der Waals surface area (Å²) in [6, 6.07) is 38.2. The van der Waals surface area contributed by atoms with Crippen molar-refractivity contribution in [3.63, 3.8) is 0 Å². The summed E-state index contributed by atoms with van der Waals surface area (Å²) in [6.07, 6.45) is 48.4. The third-order valence-electron chi connectivity index (χ3n) is 27.8. The van der Waals surface area contributed by atoms with Gasteiger partial charge in [-0.15, -0.1) is 0 Å². The fraction of sp³-hybridized carbons (Fsp3) is 0.632. The first-order valence-corrected chi connectivity index (χ1v) is 55.4. The SMILES string of the molecule is CCCCCCCCCCCCCCCCCCOc1cc(C(=O)OC(C(=O)O)(C(=O)c2ccccc2)[C@@H]2[C@@H](OC)[C@H](n3ccc(N)nc3=O)O[C@@H]2COP(=O)(OCCC#N)[C@@H]2[C@H](OC)[C@H](n3ccc(=O)[nH]c3=O)O[C@@H]2COC(c2ccccc2)(c2ccc(OC)cc2)c2ccc(OC)cc2)cc(OCCCCCCCCCCCCCCCCCC)c1OCCCCCCCCCCCCCCCCCC. The molecule has 784 valence electrons. The van der Waals surface area contributed by atoms with E-state index in [9.17, 15) is 24.8 Å². The Morgan fingerprint density at radius 2 is 0.859 bits per heavy atom. The number of carboxylic acids is 1. The Labute approximate surface area is 844 Å². The van der Waals surface area contributed by atoms with Gasteiger partial charge in [0.15, 0.2) is 24.0 Å². The summed E-state index contributed by atoms with van der Waals surface area (Å²) in [5.74, 6) is -5.45. The second-order valence-electron chi connectivity index (χ2n) is 38.4. The largest absolute Gasteiger partial charge is 0.497 e. The van der Waals surface area contributed by atoms with Crippen molar-refractivity contribution in [2.24, 2.45) is 5.92 Å². The number of aliphatic carboxylic acids is 1. The number of nitrogen functional groups attached to an aromatic ring is 1. The van der Waals surface area contributed by atoms with Crippen molar-refractivity contribution < 1.29 is 85.2 Å². The van der Waals surface area contributed by atoms with Crippen LogP contribution < -0.4 is 46.4 Å². The lowest BCUT2D eigenvalue weighted by Crippen LogP contribution is -2.61. The minimum atomic E-state index is -5.28. The van der Waals surface area contributed by atoms with E-state index in [1.807, 2.05) is 60.7 Å². The number of benzene rings is 5. The minimum Gasteiger partial charge on any atom is -0.497 e. The summed E-state index contributed by atoms with van der Waals surface area (Å²) in [5, 5.41) is 22.9. The summed E-state index contributed by atoms with van der Waals surface area (Å²) in [4.78, 5) is 96.6.